The summed E-state index contributed by atoms with van der Waals surface area (Å²) < 4.78 is 33.9. The number of esters is 2. The zero-order chi connectivity index (χ0) is 42.4. The first-order chi connectivity index (χ1) is 28.4. The summed E-state index contributed by atoms with van der Waals surface area (Å²) in [6.07, 6.45) is 40.8. The number of carbonyl (C=O) groups excluding carboxylic acids is 4. The lowest BCUT2D eigenvalue weighted by atomic mass is 10.0. The standard InChI is InChI=1S/C47H90NO9P/c1-3-5-7-9-11-13-15-17-19-21-23-25-27-29-31-33-37-46(51)54-42-44(43-56-58(53)55-41-39-48-45(50)36-35-40-49)57-47(52)38-34-32-30-28-26-24-22-20-18-16-14-12-10-8-6-4-2/h40,44,58H,3-39,41-43H2,1-2H3,(H,48,50). The first-order valence-corrected chi connectivity index (χ1v) is 25.5. The molecule has 1 N–H and O–H groups in total. The molecule has 0 aliphatic rings. The molecule has 0 heterocycles. The van der Waals surface area contributed by atoms with Gasteiger partial charge in [-0.2, -0.15) is 0 Å². The predicted molar refractivity (Wildman–Crippen MR) is 238 cm³/mol. The van der Waals surface area contributed by atoms with Crippen molar-refractivity contribution in [1.29, 1.82) is 0 Å². The highest BCUT2D eigenvalue weighted by Gasteiger charge is 2.19. The number of nitrogens with one attached hydrogen (secondary N) is 1. The number of hydrogen-bond donors (Lipinski definition) is 1. The highest BCUT2D eigenvalue weighted by Crippen LogP contribution is 2.24. The number of carbonyl (C=O) groups is 4. The second-order valence-electron chi connectivity index (χ2n) is 16.4. The molecule has 0 radical (unpaired) electrons. The third-order valence-corrected chi connectivity index (χ3v) is 11.6. The van der Waals surface area contributed by atoms with Crippen LogP contribution in [0.4, 0.5) is 0 Å². The molecule has 0 aliphatic carbocycles. The highest BCUT2D eigenvalue weighted by molar-refractivity contribution is 7.33. The Balaban J connectivity index is 4.26. The van der Waals surface area contributed by atoms with Crippen LogP contribution in [0.5, 0.6) is 0 Å². The summed E-state index contributed by atoms with van der Waals surface area (Å²) in [7, 11) is -2.94. The third kappa shape index (κ3) is 43.8. The molecule has 342 valence electrons. The van der Waals surface area contributed by atoms with E-state index in [2.05, 4.69) is 19.2 Å². The zero-order valence-electron chi connectivity index (χ0n) is 37.6. The maximum absolute atomic E-state index is 12.7. The fraction of sp³-hybridized carbons (Fsp3) is 0.915. The molecule has 0 aliphatic heterocycles. The van der Waals surface area contributed by atoms with Gasteiger partial charge in [-0.05, 0) is 12.8 Å². The largest absolute Gasteiger partial charge is 0.462 e. The summed E-state index contributed by atoms with van der Waals surface area (Å²) >= 11 is 0. The molecular formula is C47H90NO9P. The van der Waals surface area contributed by atoms with Crippen molar-refractivity contribution in [1.82, 2.24) is 5.32 Å². The van der Waals surface area contributed by atoms with Crippen LogP contribution >= 0.6 is 8.25 Å². The monoisotopic (exact) mass is 844 g/mol. The molecule has 11 heteroatoms. The Bertz CT molecular complexity index is 966. The van der Waals surface area contributed by atoms with E-state index >= 15 is 0 Å². The lowest BCUT2D eigenvalue weighted by Gasteiger charge is -2.18. The average molecular weight is 844 g/mol. The van der Waals surface area contributed by atoms with E-state index < -0.39 is 20.3 Å². The topological polar surface area (TPSA) is 134 Å². The molecule has 0 aromatic rings. The van der Waals surface area contributed by atoms with Crippen molar-refractivity contribution in [2.75, 3.05) is 26.4 Å². The van der Waals surface area contributed by atoms with Crippen LogP contribution in [0, 0.1) is 0 Å². The van der Waals surface area contributed by atoms with Crippen LogP contribution in [0.25, 0.3) is 0 Å². The normalized spacial score (nSPS) is 12.3. The molecule has 2 unspecified atom stereocenters. The van der Waals surface area contributed by atoms with Crippen LogP contribution in [0.2, 0.25) is 0 Å². The van der Waals surface area contributed by atoms with E-state index in [4.69, 9.17) is 18.5 Å². The van der Waals surface area contributed by atoms with Gasteiger partial charge in [0.05, 0.1) is 13.2 Å². The van der Waals surface area contributed by atoms with Gasteiger partial charge in [0, 0.05) is 32.2 Å². The average Bonchev–Trinajstić information content (AvgIpc) is 3.22. The van der Waals surface area contributed by atoms with E-state index in [0.29, 0.717) is 12.7 Å². The quantitative estimate of drug-likeness (QED) is 0.0275. The van der Waals surface area contributed by atoms with Crippen molar-refractivity contribution < 1.29 is 42.3 Å². The smallest absolute Gasteiger partial charge is 0.319 e. The molecule has 10 nitrogen and oxygen atoms in total. The van der Waals surface area contributed by atoms with Gasteiger partial charge in [-0.1, -0.05) is 206 Å². The molecule has 0 saturated carbocycles. The van der Waals surface area contributed by atoms with Crippen molar-refractivity contribution in [2.24, 2.45) is 0 Å². The van der Waals surface area contributed by atoms with Crippen LogP contribution in [-0.4, -0.2) is 56.6 Å². The van der Waals surface area contributed by atoms with E-state index in [-0.39, 0.29) is 57.5 Å². The maximum Gasteiger partial charge on any atom is 0.319 e. The number of unbranched alkanes of at least 4 members (excludes halogenated alkanes) is 30. The minimum atomic E-state index is -2.94. The first kappa shape index (κ1) is 56.2. The van der Waals surface area contributed by atoms with Crippen LogP contribution in [0.3, 0.4) is 0 Å². The van der Waals surface area contributed by atoms with Gasteiger partial charge in [-0.15, -0.1) is 0 Å². The Labute approximate surface area is 356 Å². The van der Waals surface area contributed by atoms with Crippen molar-refractivity contribution in [3.63, 3.8) is 0 Å². The van der Waals surface area contributed by atoms with Gasteiger partial charge in [-0.3, -0.25) is 18.9 Å². The van der Waals surface area contributed by atoms with E-state index in [1.165, 1.54) is 167 Å². The summed E-state index contributed by atoms with van der Waals surface area (Å²) in [5.74, 6) is -1.04. The molecule has 0 fully saturated rings. The minimum Gasteiger partial charge on any atom is -0.462 e. The summed E-state index contributed by atoms with van der Waals surface area (Å²) in [5, 5.41) is 2.57. The maximum atomic E-state index is 12.7. The van der Waals surface area contributed by atoms with Crippen LogP contribution in [0.15, 0.2) is 0 Å². The number of rotatable bonds is 47. The van der Waals surface area contributed by atoms with E-state index in [0.717, 1.165) is 38.5 Å². The molecule has 0 spiro atoms. The second-order valence-corrected chi connectivity index (χ2v) is 17.4. The zero-order valence-corrected chi connectivity index (χ0v) is 38.6. The van der Waals surface area contributed by atoms with Gasteiger partial charge < -0.3 is 28.6 Å². The fourth-order valence-electron chi connectivity index (χ4n) is 7.06. The van der Waals surface area contributed by atoms with Crippen LogP contribution in [-0.2, 0) is 42.3 Å². The molecule has 0 bridgehead atoms. The lowest BCUT2D eigenvalue weighted by molar-refractivity contribution is -0.161. The molecule has 0 saturated heterocycles. The Morgan fingerprint density at radius 2 is 0.879 bits per heavy atom. The SMILES string of the molecule is CCCCCCCCCCCCCCCCCCC(=O)OCC(CO[PH](=O)OCCNC(=O)CCC=O)OC(=O)CCCCCCCCCCCCCCCCCC. The molecule has 58 heavy (non-hydrogen) atoms. The van der Waals surface area contributed by atoms with Crippen molar-refractivity contribution in [3.8, 4) is 0 Å². The van der Waals surface area contributed by atoms with E-state index in [9.17, 15) is 23.7 Å². The van der Waals surface area contributed by atoms with Gasteiger partial charge in [0.2, 0.25) is 5.91 Å². The molecule has 0 aromatic carbocycles. The number of amides is 1. The Morgan fingerprint density at radius 3 is 1.28 bits per heavy atom. The molecule has 2 atom stereocenters. The van der Waals surface area contributed by atoms with Gasteiger partial charge >= 0.3 is 20.2 Å². The van der Waals surface area contributed by atoms with Gasteiger partial charge in [0.1, 0.15) is 12.9 Å². The van der Waals surface area contributed by atoms with Crippen LogP contribution in [0.1, 0.15) is 245 Å². The van der Waals surface area contributed by atoms with E-state index in [1.807, 2.05) is 0 Å². The minimum absolute atomic E-state index is 0.0391. The van der Waals surface area contributed by atoms with Gasteiger partial charge in [0.25, 0.3) is 0 Å². The molecule has 1 amide bonds. The predicted octanol–water partition coefficient (Wildman–Crippen LogP) is 13.3. The van der Waals surface area contributed by atoms with Crippen LogP contribution < -0.4 is 5.32 Å². The van der Waals surface area contributed by atoms with Gasteiger partial charge in [-0.25, -0.2) is 0 Å². The Morgan fingerprint density at radius 1 is 0.500 bits per heavy atom. The van der Waals surface area contributed by atoms with Crippen molar-refractivity contribution in [3.05, 3.63) is 0 Å². The first-order valence-electron chi connectivity index (χ1n) is 24.3. The molecular weight excluding hydrogens is 753 g/mol. The third-order valence-electron chi connectivity index (χ3n) is 10.7. The van der Waals surface area contributed by atoms with Crippen molar-refractivity contribution >= 4 is 32.4 Å². The second kappa shape index (κ2) is 46.3. The summed E-state index contributed by atoms with van der Waals surface area (Å²) in [5.41, 5.74) is 0. The summed E-state index contributed by atoms with van der Waals surface area (Å²) in [6, 6.07) is 0. The lowest BCUT2D eigenvalue weighted by Crippen LogP contribution is -2.29. The van der Waals surface area contributed by atoms with E-state index in [1.54, 1.807) is 0 Å². The molecule has 0 rings (SSSR count). The number of hydrogen-bond acceptors (Lipinski definition) is 9. The highest BCUT2D eigenvalue weighted by atomic mass is 31.1. The number of ether oxygens (including phenoxy) is 2. The summed E-state index contributed by atoms with van der Waals surface area (Å²) in [6.45, 7) is 4.19. The Kier molecular flexibility index (Phi) is 44.9. The summed E-state index contributed by atoms with van der Waals surface area (Å²) in [4.78, 5) is 47.2. The fourth-order valence-corrected chi connectivity index (χ4v) is 7.73. The Hall–Kier alpha value is -1.77. The molecule has 0 aromatic heterocycles. The van der Waals surface area contributed by atoms with Crippen molar-refractivity contribution in [2.45, 2.75) is 251 Å². The van der Waals surface area contributed by atoms with Gasteiger partial charge in [0.15, 0.2) is 6.10 Å². The number of aldehydes is 1.